The molecule has 18 heavy (non-hydrogen) atoms. The minimum Gasteiger partial charge on any atom is -0.327 e. The fourth-order valence-corrected chi connectivity index (χ4v) is 4.41. The van der Waals surface area contributed by atoms with E-state index in [1.165, 1.54) is 12.8 Å². The van der Waals surface area contributed by atoms with Crippen molar-refractivity contribution in [2.75, 3.05) is 0 Å². The van der Waals surface area contributed by atoms with Gasteiger partial charge >= 0.3 is 0 Å². The zero-order valence-corrected chi connectivity index (χ0v) is 12.1. The molecule has 1 aliphatic carbocycles. The van der Waals surface area contributed by atoms with Gasteiger partial charge in [-0.2, -0.15) is 0 Å². The molecule has 2 nitrogen and oxygen atoms in total. The molecule has 0 radical (unpaired) electrons. The predicted octanol–water partition coefficient (Wildman–Crippen LogP) is 3.50. The van der Waals surface area contributed by atoms with Gasteiger partial charge in [0.25, 0.3) is 0 Å². The minimum atomic E-state index is -1.04. The molecule has 0 aliphatic heterocycles. The maximum absolute atomic E-state index is 12.6. The Balaban J connectivity index is 2.15. The van der Waals surface area contributed by atoms with E-state index in [4.69, 9.17) is 17.3 Å². The van der Waals surface area contributed by atoms with Gasteiger partial charge in [0.1, 0.15) is 0 Å². The lowest BCUT2D eigenvalue weighted by Crippen LogP contribution is -2.38. The van der Waals surface area contributed by atoms with E-state index in [2.05, 4.69) is 0 Å². The zero-order chi connectivity index (χ0) is 13.0. The van der Waals surface area contributed by atoms with Crippen molar-refractivity contribution in [3.05, 3.63) is 29.3 Å². The van der Waals surface area contributed by atoms with Crippen molar-refractivity contribution >= 4 is 22.4 Å². The van der Waals surface area contributed by atoms with Crippen molar-refractivity contribution in [3.8, 4) is 0 Å². The topological polar surface area (TPSA) is 43.1 Å². The highest BCUT2D eigenvalue weighted by Crippen LogP contribution is 2.25. The molecule has 0 heterocycles. The molecular weight excluding hydrogens is 266 g/mol. The first kappa shape index (κ1) is 14.0. The second kappa shape index (κ2) is 6.69. The maximum atomic E-state index is 12.6. The summed E-state index contributed by atoms with van der Waals surface area (Å²) < 4.78 is 12.6. The van der Waals surface area contributed by atoms with Crippen LogP contribution >= 0.6 is 11.6 Å². The van der Waals surface area contributed by atoms with Crippen molar-refractivity contribution in [1.82, 2.24) is 0 Å². The Hall–Kier alpha value is -0.380. The molecule has 4 heteroatoms. The van der Waals surface area contributed by atoms with E-state index < -0.39 is 10.8 Å². The van der Waals surface area contributed by atoms with Crippen molar-refractivity contribution in [2.45, 2.75) is 54.7 Å². The quantitative estimate of drug-likeness (QED) is 0.904. The van der Waals surface area contributed by atoms with Gasteiger partial charge in [-0.1, -0.05) is 43.4 Å². The molecule has 0 spiro atoms. The van der Waals surface area contributed by atoms with E-state index >= 15 is 0 Å². The Kier molecular flexibility index (Phi) is 5.22. The monoisotopic (exact) mass is 285 g/mol. The minimum absolute atomic E-state index is 0.0464. The van der Waals surface area contributed by atoms with Gasteiger partial charge in [0.2, 0.25) is 0 Å². The lowest BCUT2D eigenvalue weighted by molar-refractivity contribution is 0.456. The van der Waals surface area contributed by atoms with Gasteiger partial charge in [-0.3, -0.25) is 4.21 Å². The molecule has 2 N–H and O–H groups in total. The third kappa shape index (κ3) is 3.56. The van der Waals surface area contributed by atoms with Crippen LogP contribution in [0.25, 0.3) is 0 Å². The summed E-state index contributed by atoms with van der Waals surface area (Å²) in [6.45, 7) is 0. The lowest BCUT2D eigenvalue weighted by Gasteiger charge is -2.25. The Morgan fingerprint density at radius 3 is 2.61 bits per heavy atom. The van der Waals surface area contributed by atoms with Crippen LogP contribution in [0.5, 0.6) is 0 Å². The summed E-state index contributed by atoms with van der Waals surface area (Å²) in [5.41, 5.74) is 6.20. The molecule has 3 atom stereocenters. The van der Waals surface area contributed by atoms with Crippen molar-refractivity contribution in [1.29, 1.82) is 0 Å². The molecule has 100 valence electrons. The van der Waals surface area contributed by atoms with E-state index in [9.17, 15) is 4.21 Å². The van der Waals surface area contributed by atoms with E-state index in [1.807, 2.05) is 12.1 Å². The number of halogens is 1. The third-order valence-electron chi connectivity index (χ3n) is 3.56. The van der Waals surface area contributed by atoms with Gasteiger partial charge < -0.3 is 5.73 Å². The van der Waals surface area contributed by atoms with Crippen LogP contribution in [0.15, 0.2) is 29.2 Å². The van der Waals surface area contributed by atoms with Crippen LogP contribution in [0.1, 0.15) is 38.5 Å². The lowest BCUT2D eigenvalue weighted by atomic mass is 9.97. The van der Waals surface area contributed by atoms with E-state index in [1.54, 1.807) is 12.1 Å². The van der Waals surface area contributed by atoms with Crippen molar-refractivity contribution in [3.63, 3.8) is 0 Å². The van der Waals surface area contributed by atoms with Crippen LogP contribution in [-0.4, -0.2) is 15.5 Å². The molecule has 2 rings (SSSR count). The van der Waals surface area contributed by atoms with Crippen LogP contribution in [-0.2, 0) is 10.8 Å². The van der Waals surface area contributed by atoms with E-state index in [0.29, 0.717) is 5.02 Å². The number of hydrogen-bond acceptors (Lipinski definition) is 2. The molecule has 1 saturated carbocycles. The first-order valence-electron chi connectivity index (χ1n) is 6.60. The second-order valence-corrected chi connectivity index (χ2v) is 7.06. The average molecular weight is 286 g/mol. The fraction of sp³-hybridized carbons (Fsp3) is 0.571. The predicted molar refractivity (Wildman–Crippen MR) is 77.3 cm³/mol. The molecule has 0 amide bonds. The van der Waals surface area contributed by atoms with E-state index in [0.717, 1.165) is 30.6 Å². The van der Waals surface area contributed by atoms with Crippen LogP contribution in [0.2, 0.25) is 5.02 Å². The molecule has 1 fully saturated rings. The highest BCUT2D eigenvalue weighted by Gasteiger charge is 2.26. The number of hydrogen-bond donors (Lipinski definition) is 1. The highest BCUT2D eigenvalue weighted by molar-refractivity contribution is 7.85. The Morgan fingerprint density at radius 1 is 1.17 bits per heavy atom. The first-order valence-corrected chi connectivity index (χ1v) is 8.19. The maximum Gasteiger partial charge on any atom is 0.0577 e. The molecule has 1 aromatic rings. The van der Waals surface area contributed by atoms with Gasteiger partial charge in [0, 0.05) is 16.0 Å². The molecule has 0 bridgehead atoms. The van der Waals surface area contributed by atoms with Gasteiger partial charge in [-0.25, -0.2) is 0 Å². The molecular formula is C14H20ClNOS. The average Bonchev–Trinajstić information content (AvgIpc) is 2.34. The number of benzene rings is 1. The summed E-state index contributed by atoms with van der Waals surface area (Å²) in [5.74, 6) is 0. The summed E-state index contributed by atoms with van der Waals surface area (Å²) >= 11 is 5.96. The third-order valence-corrected chi connectivity index (χ3v) is 5.65. The highest BCUT2D eigenvalue weighted by atomic mass is 35.5. The van der Waals surface area contributed by atoms with Crippen molar-refractivity contribution < 1.29 is 4.21 Å². The van der Waals surface area contributed by atoms with Gasteiger partial charge in [0.15, 0.2) is 0 Å². The standard InChI is InChI=1S/C14H20ClNOS/c15-11-6-5-7-12(10-11)18(17)14-9-4-2-1-3-8-13(14)16/h5-7,10,13-14H,1-4,8-9,16H2. The Morgan fingerprint density at radius 2 is 1.89 bits per heavy atom. The fourth-order valence-electron chi connectivity index (χ4n) is 2.51. The van der Waals surface area contributed by atoms with Crippen LogP contribution in [0.3, 0.4) is 0 Å². The van der Waals surface area contributed by atoms with Crippen LogP contribution in [0, 0.1) is 0 Å². The first-order chi connectivity index (χ1) is 8.68. The SMILES string of the molecule is NC1CCCCCCC1S(=O)c1cccc(Cl)c1. The summed E-state index contributed by atoms with van der Waals surface area (Å²) in [6.07, 6.45) is 6.71. The summed E-state index contributed by atoms with van der Waals surface area (Å²) in [4.78, 5) is 0.809. The summed E-state index contributed by atoms with van der Waals surface area (Å²) in [7, 11) is -1.04. The zero-order valence-electron chi connectivity index (χ0n) is 10.5. The molecule has 1 aromatic carbocycles. The summed E-state index contributed by atoms with van der Waals surface area (Å²) in [5, 5.41) is 0.712. The van der Waals surface area contributed by atoms with E-state index in [-0.39, 0.29) is 11.3 Å². The molecule has 3 unspecified atom stereocenters. The smallest absolute Gasteiger partial charge is 0.0577 e. The number of rotatable bonds is 2. The largest absolute Gasteiger partial charge is 0.327 e. The molecule has 1 aliphatic rings. The van der Waals surface area contributed by atoms with Crippen molar-refractivity contribution in [2.24, 2.45) is 5.73 Å². The van der Waals surface area contributed by atoms with Crippen LogP contribution < -0.4 is 5.73 Å². The van der Waals surface area contributed by atoms with Gasteiger partial charge in [-0.15, -0.1) is 0 Å². The van der Waals surface area contributed by atoms with Gasteiger partial charge in [0.05, 0.1) is 16.0 Å². The summed E-state index contributed by atoms with van der Waals surface area (Å²) in [6, 6.07) is 7.38. The normalized spacial score (nSPS) is 27.2. The van der Waals surface area contributed by atoms with Gasteiger partial charge in [-0.05, 0) is 31.0 Å². The molecule has 0 aromatic heterocycles. The molecule has 0 saturated heterocycles. The Labute approximate surface area is 116 Å². The number of nitrogens with two attached hydrogens (primary N) is 1. The Bertz CT molecular complexity index is 424. The second-order valence-electron chi connectivity index (χ2n) is 4.95. The van der Waals surface area contributed by atoms with Crippen LogP contribution in [0.4, 0.5) is 0 Å².